The number of nitrogens with zero attached hydrogens (tertiary/aromatic N) is 1. The van der Waals surface area contributed by atoms with Gasteiger partial charge in [0.15, 0.2) is 6.29 Å². The molecule has 0 unspecified atom stereocenters. The summed E-state index contributed by atoms with van der Waals surface area (Å²) in [6, 6.07) is 2.76. The van der Waals surface area contributed by atoms with Gasteiger partial charge >= 0.3 is 6.09 Å². The first kappa shape index (κ1) is 9.97. The number of aldehydes is 1. The summed E-state index contributed by atoms with van der Waals surface area (Å²) in [5, 5.41) is 0. The lowest BCUT2D eigenvalue weighted by Crippen LogP contribution is -2.17. The fourth-order valence-electron chi connectivity index (χ4n) is 0.847. The van der Waals surface area contributed by atoms with Crippen LogP contribution < -0.4 is 15.2 Å². The van der Waals surface area contributed by atoms with E-state index in [-0.39, 0.29) is 17.3 Å². The lowest BCUT2D eigenvalue weighted by atomic mass is 10.3. The molecule has 2 N–H and O–H groups in total. The van der Waals surface area contributed by atoms with E-state index in [1.807, 2.05) is 0 Å². The topological polar surface area (TPSA) is 91.5 Å². The number of aromatic nitrogens is 1. The highest BCUT2D eigenvalue weighted by atomic mass is 16.6. The molecule has 6 nitrogen and oxygen atoms in total. The van der Waals surface area contributed by atoms with E-state index in [1.54, 1.807) is 0 Å². The molecule has 74 valence electrons. The summed E-state index contributed by atoms with van der Waals surface area (Å²) < 4.78 is 9.27. The fourth-order valence-corrected chi connectivity index (χ4v) is 0.847. The SMILES string of the molecule is COc1nc(OC(N)=O)ccc1C=O. The van der Waals surface area contributed by atoms with Crippen LogP contribution in [0, 0.1) is 0 Å². The molecule has 0 spiro atoms. The average molecular weight is 196 g/mol. The van der Waals surface area contributed by atoms with Gasteiger partial charge in [-0.25, -0.2) is 4.79 Å². The second-order valence-corrected chi connectivity index (χ2v) is 2.29. The summed E-state index contributed by atoms with van der Waals surface area (Å²) in [6.07, 6.45) is -0.390. The molecule has 6 heteroatoms. The molecular formula is C8H8N2O4. The zero-order valence-corrected chi connectivity index (χ0v) is 7.39. The largest absolute Gasteiger partial charge is 0.480 e. The highest BCUT2D eigenvalue weighted by Crippen LogP contribution is 2.17. The van der Waals surface area contributed by atoms with Crippen LogP contribution in [0.2, 0.25) is 0 Å². The van der Waals surface area contributed by atoms with Gasteiger partial charge in [-0.3, -0.25) is 4.79 Å². The minimum Gasteiger partial charge on any atom is -0.480 e. The number of hydrogen-bond acceptors (Lipinski definition) is 5. The maximum Gasteiger partial charge on any atom is 0.411 e. The maximum atomic E-state index is 10.5. The number of primary amides is 1. The number of methoxy groups -OCH3 is 1. The number of carbonyl (C=O) groups excluding carboxylic acids is 2. The van der Waals surface area contributed by atoms with Crippen LogP contribution in [0.3, 0.4) is 0 Å². The fraction of sp³-hybridized carbons (Fsp3) is 0.125. The van der Waals surface area contributed by atoms with E-state index >= 15 is 0 Å². The van der Waals surface area contributed by atoms with E-state index in [9.17, 15) is 9.59 Å². The Morgan fingerprint density at radius 2 is 2.29 bits per heavy atom. The van der Waals surface area contributed by atoms with Crippen molar-refractivity contribution in [2.75, 3.05) is 7.11 Å². The Kier molecular flexibility index (Phi) is 3.01. The van der Waals surface area contributed by atoms with Gasteiger partial charge in [-0.2, -0.15) is 4.98 Å². The Morgan fingerprint density at radius 1 is 1.57 bits per heavy atom. The van der Waals surface area contributed by atoms with Gasteiger partial charge in [0.25, 0.3) is 0 Å². The number of amides is 1. The van der Waals surface area contributed by atoms with Gasteiger partial charge in [0.2, 0.25) is 11.8 Å². The highest BCUT2D eigenvalue weighted by Gasteiger charge is 2.07. The minimum absolute atomic E-state index is 0.0139. The zero-order chi connectivity index (χ0) is 10.6. The predicted molar refractivity (Wildman–Crippen MR) is 46.4 cm³/mol. The van der Waals surface area contributed by atoms with Crippen LogP contribution in [-0.2, 0) is 0 Å². The van der Waals surface area contributed by atoms with Gasteiger partial charge in [0, 0.05) is 6.07 Å². The van der Waals surface area contributed by atoms with Gasteiger partial charge in [0.05, 0.1) is 12.7 Å². The molecule has 0 aromatic carbocycles. The predicted octanol–water partition coefficient (Wildman–Crippen LogP) is 0.360. The Morgan fingerprint density at radius 3 is 2.79 bits per heavy atom. The van der Waals surface area contributed by atoms with Gasteiger partial charge in [0.1, 0.15) is 0 Å². The van der Waals surface area contributed by atoms with Crippen molar-refractivity contribution in [3.63, 3.8) is 0 Å². The molecule has 0 aliphatic rings. The number of pyridine rings is 1. The molecular weight excluding hydrogens is 188 g/mol. The second kappa shape index (κ2) is 4.22. The average Bonchev–Trinajstić information content (AvgIpc) is 2.16. The highest BCUT2D eigenvalue weighted by molar-refractivity contribution is 5.78. The number of hydrogen-bond donors (Lipinski definition) is 1. The molecule has 1 heterocycles. The van der Waals surface area contributed by atoms with Crippen LogP contribution in [-0.4, -0.2) is 24.5 Å². The lowest BCUT2D eigenvalue weighted by molar-refractivity contribution is 0.112. The Balaban J connectivity index is 3.01. The normalized spacial score (nSPS) is 9.21. The summed E-state index contributed by atoms with van der Waals surface area (Å²) in [5.41, 5.74) is 5.04. The standard InChI is InChI=1S/C8H8N2O4/c1-13-7-5(4-11)2-3-6(10-7)14-8(9)12/h2-4H,1H3,(H2,9,12). The Hall–Kier alpha value is -2.11. The van der Waals surface area contributed by atoms with Crippen molar-refractivity contribution in [2.24, 2.45) is 5.73 Å². The second-order valence-electron chi connectivity index (χ2n) is 2.29. The van der Waals surface area contributed by atoms with Crippen LogP contribution in [0.1, 0.15) is 10.4 Å². The summed E-state index contributed by atoms with van der Waals surface area (Å²) in [7, 11) is 1.35. The first-order valence-electron chi connectivity index (χ1n) is 3.65. The van der Waals surface area contributed by atoms with E-state index < -0.39 is 6.09 Å². The molecule has 0 saturated heterocycles. The van der Waals surface area contributed by atoms with Crippen LogP contribution in [0.25, 0.3) is 0 Å². The molecule has 0 aliphatic heterocycles. The van der Waals surface area contributed by atoms with Gasteiger partial charge in [-0.1, -0.05) is 0 Å². The van der Waals surface area contributed by atoms with Crippen molar-refractivity contribution >= 4 is 12.4 Å². The molecule has 1 aromatic heterocycles. The molecule has 0 fully saturated rings. The van der Waals surface area contributed by atoms with Crippen molar-refractivity contribution in [2.45, 2.75) is 0 Å². The quantitative estimate of drug-likeness (QED) is 0.704. The molecule has 1 aromatic rings. The molecule has 0 atom stereocenters. The van der Waals surface area contributed by atoms with Crippen LogP contribution >= 0.6 is 0 Å². The van der Waals surface area contributed by atoms with Gasteiger partial charge in [-0.05, 0) is 6.07 Å². The molecule has 0 radical (unpaired) electrons. The first-order valence-corrected chi connectivity index (χ1v) is 3.65. The minimum atomic E-state index is -0.974. The van der Waals surface area contributed by atoms with E-state index in [0.717, 1.165) is 0 Å². The van der Waals surface area contributed by atoms with E-state index in [1.165, 1.54) is 19.2 Å². The number of nitrogens with two attached hydrogens (primary N) is 1. The molecule has 0 saturated carbocycles. The van der Waals surface area contributed by atoms with Crippen molar-refractivity contribution in [3.05, 3.63) is 17.7 Å². The number of ether oxygens (including phenoxy) is 2. The van der Waals surface area contributed by atoms with Gasteiger partial charge < -0.3 is 15.2 Å². The van der Waals surface area contributed by atoms with Crippen molar-refractivity contribution in [1.29, 1.82) is 0 Å². The summed E-state index contributed by atoms with van der Waals surface area (Å²) in [6.45, 7) is 0. The van der Waals surface area contributed by atoms with E-state index in [4.69, 9.17) is 10.5 Å². The Bertz CT molecular complexity index is 364. The van der Waals surface area contributed by atoms with Crippen LogP contribution in [0.4, 0.5) is 4.79 Å². The summed E-state index contributed by atoms with van der Waals surface area (Å²) in [5.74, 6) is 0.0682. The smallest absolute Gasteiger partial charge is 0.411 e. The maximum absolute atomic E-state index is 10.5. The third kappa shape index (κ3) is 2.19. The third-order valence-electron chi connectivity index (χ3n) is 1.39. The zero-order valence-electron chi connectivity index (χ0n) is 7.39. The first-order chi connectivity index (χ1) is 6.67. The molecule has 1 amide bonds. The van der Waals surface area contributed by atoms with E-state index in [2.05, 4.69) is 9.72 Å². The van der Waals surface area contributed by atoms with Crippen molar-refractivity contribution < 1.29 is 19.1 Å². The molecule has 0 aliphatic carbocycles. The van der Waals surface area contributed by atoms with Gasteiger partial charge in [-0.15, -0.1) is 0 Å². The third-order valence-corrected chi connectivity index (χ3v) is 1.39. The number of carbonyl (C=O) groups is 2. The molecule has 0 bridgehead atoms. The van der Waals surface area contributed by atoms with Crippen molar-refractivity contribution in [1.82, 2.24) is 4.98 Å². The van der Waals surface area contributed by atoms with Crippen LogP contribution in [0.15, 0.2) is 12.1 Å². The van der Waals surface area contributed by atoms with Crippen LogP contribution in [0.5, 0.6) is 11.8 Å². The Labute approximate surface area is 79.6 Å². The van der Waals surface area contributed by atoms with Crippen molar-refractivity contribution in [3.8, 4) is 11.8 Å². The summed E-state index contributed by atoms with van der Waals surface area (Å²) >= 11 is 0. The monoisotopic (exact) mass is 196 g/mol. The van der Waals surface area contributed by atoms with E-state index in [0.29, 0.717) is 6.29 Å². The molecule has 14 heavy (non-hydrogen) atoms. The summed E-state index contributed by atoms with van der Waals surface area (Å²) in [4.78, 5) is 24.6. The lowest BCUT2D eigenvalue weighted by Gasteiger charge is -2.04. The molecule has 1 rings (SSSR count). The number of rotatable bonds is 3.